The quantitative estimate of drug-likeness (QED) is 0.529. The lowest BCUT2D eigenvalue weighted by Crippen LogP contribution is -2.02. The minimum Gasteiger partial charge on any atom is -0.465 e. The molecule has 1 aliphatic carbocycles. The summed E-state index contributed by atoms with van der Waals surface area (Å²) in [4.78, 5) is 24.2. The van der Waals surface area contributed by atoms with E-state index in [-0.39, 0.29) is 5.97 Å². The number of aromatic nitrogens is 2. The fourth-order valence-corrected chi connectivity index (χ4v) is 5.25. The van der Waals surface area contributed by atoms with Gasteiger partial charge in [0.25, 0.3) is 0 Å². The first kappa shape index (κ1) is 14.7. The first-order valence-corrected chi connectivity index (χ1v) is 9.01. The number of methoxy groups -OCH3 is 1. The summed E-state index contributed by atoms with van der Waals surface area (Å²) in [6.45, 7) is 0. The molecule has 1 aromatic carbocycles. The number of hydrogen-bond donors (Lipinski definition) is 0. The van der Waals surface area contributed by atoms with Crippen LogP contribution in [0, 0.1) is 0 Å². The van der Waals surface area contributed by atoms with Crippen LogP contribution < -0.4 is 0 Å². The predicted octanol–water partition coefficient (Wildman–Crippen LogP) is 4.12. The van der Waals surface area contributed by atoms with E-state index in [1.165, 1.54) is 35.7 Å². The van der Waals surface area contributed by atoms with Gasteiger partial charge in [-0.15, -0.1) is 11.3 Å². The second kappa shape index (κ2) is 5.94. The van der Waals surface area contributed by atoms with Crippen LogP contribution in [0.15, 0.2) is 40.5 Å². The number of ether oxygens (including phenoxy) is 1. The maximum absolute atomic E-state index is 12.0. The topological polar surface area (TPSA) is 52.1 Å². The third kappa shape index (κ3) is 2.52. The number of aryl methyl sites for hydroxylation is 2. The van der Waals surface area contributed by atoms with E-state index in [4.69, 9.17) is 4.74 Å². The molecule has 0 fully saturated rings. The van der Waals surface area contributed by atoms with E-state index in [0.29, 0.717) is 5.56 Å². The van der Waals surface area contributed by atoms with Crippen molar-refractivity contribution in [3.63, 3.8) is 0 Å². The molecule has 1 aliphatic rings. The van der Waals surface area contributed by atoms with Crippen LogP contribution >= 0.6 is 23.1 Å². The van der Waals surface area contributed by atoms with Gasteiger partial charge in [0.1, 0.15) is 16.2 Å². The van der Waals surface area contributed by atoms with Gasteiger partial charge in [-0.2, -0.15) is 0 Å². The van der Waals surface area contributed by atoms with Gasteiger partial charge in [0, 0.05) is 15.2 Å². The second-order valence-electron chi connectivity index (χ2n) is 5.31. The Labute approximate surface area is 141 Å². The number of carbonyl (C=O) groups excluding carboxylic acids is 1. The van der Waals surface area contributed by atoms with E-state index in [1.54, 1.807) is 23.7 Å². The van der Waals surface area contributed by atoms with Gasteiger partial charge in [-0.3, -0.25) is 0 Å². The van der Waals surface area contributed by atoms with Crippen LogP contribution in [-0.4, -0.2) is 23.0 Å². The number of nitrogens with zero attached hydrogens (tertiary/aromatic N) is 2. The number of carbonyl (C=O) groups is 1. The predicted molar refractivity (Wildman–Crippen MR) is 91.3 cm³/mol. The number of thiophene rings is 1. The fourth-order valence-electron chi connectivity index (χ4n) is 2.92. The van der Waals surface area contributed by atoms with Gasteiger partial charge in [0.15, 0.2) is 0 Å². The van der Waals surface area contributed by atoms with Crippen molar-refractivity contribution in [3.8, 4) is 0 Å². The Morgan fingerprint density at radius 2 is 2.13 bits per heavy atom. The van der Waals surface area contributed by atoms with E-state index in [9.17, 15) is 4.79 Å². The van der Waals surface area contributed by atoms with Gasteiger partial charge < -0.3 is 4.74 Å². The molecule has 0 saturated carbocycles. The van der Waals surface area contributed by atoms with Crippen LogP contribution in [0.25, 0.3) is 10.2 Å². The summed E-state index contributed by atoms with van der Waals surface area (Å²) in [6, 6.07) is 7.47. The van der Waals surface area contributed by atoms with Crippen LogP contribution in [-0.2, 0) is 17.6 Å². The molecular formula is C17H14N2O2S2. The van der Waals surface area contributed by atoms with Crippen LogP contribution in [0.1, 0.15) is 27.2 Å². The number of hydrogen-bond acceptors (Lipinski definition) is 6. The zero-order chi connectivity index (χ0) is 15.8. The van der Waals surface area contributed by atoms with E-state index < -0.39 is 0 Å². The molecule has 4 rings (SSSR count). The van der Waals surface area contributed by atoms with Crippen molar-refractivity contribution in [2.75, 3.05) is 7.11 Å². The summed E-state index contributed by atoms with van der Waals surface area (Å²) in [5.74, 6) is -0.325. The van der Waals surface area contributed by atoms with Gasteiger partial charge in [-0.1, -0.05) is 23.9 Å². The second-order valence-corrected chi connectivity index (χ2v) is 7.42. The van der Waals surface area contributed by atoms with E-state index in [0.717, 1.165) is 33.0 Å². The molecule has 0 saturated heterocycles. The Kier molecular flexibility index (Phi) is 3.79. The number of rotatable bonds is 3. The highest BCUT2D eigenvalue weighted by Crippen LogP contribution is 2.42. The molecule has 0 unspecified atom stereocenters. The third-order valence-corrected chi connectivity index (χ3v) is 6.24. The SMILES string of the molecule is COC(=O)c1ccccc1Sc1ncnc2sc3c(c12)CCC3. The highest BCUT2D eigenvalue weighted by atomic mass is 32.2. The molecule has 0 N–H and O–H groups in total. The largest absolute Gasteiger partial charge is 0.465 e. The summed E-state index contributed by atoms with van der Waals surface area (Å²) in [7, 11) is 1.40. The average molecular weight is 342 g/mol. The van der Waals surface area contributed by atoms with Crippen molar-refractivity contribution in [1.29, 1.82) is 0 Å². The smallest absolute Gasteiger partial charge is 0.339 e. The van der Waals surface area contributed by atoms with E-state index in [1.807, 2.05) is 18.2 Å². The van der Waals surface area contributed by atoms with Gasteiger partial charge in [-0.05, 0) is 37.0 Å². The molecule has 0 amide bonds. The zero-order valence-electron chi connectivity index (χ0n) is 12.5. The Balaban J connectivity index is 1.81. The monoisotopic (exact) mass is 342 g/mol. The summed E-state index contributed by atoms with van der Waals surface area (Å²) >= 11 is 3.28. The molecular weight excluding hydrogens is 328 g/mol. The maximum atomic E-state index is 12.0. The summed E-state index contributed by atoms with van der Waals surface area (Å²) in [5.41, 5.74) is 1.96. The molecule has 2 aromatic heterocycles. The Morgan fingerprint density at radius 1 is 1.26 bits per heavy atom. The fraction of sp³-hybridized carbons (Fsp3) is 0.235. The van der Waals surface area contributed by atoms with E-state index in [2.05, 4.69) is 9.97 Å². The molecule has 0 bridgehead atoms. The minimum absolute atomic E-state index is 0.325. The lowest BCUT2D eigenvalue weighted by atomic mass is 10.2. The Morgan fingerprint density at radius 3 is 3.00 bits per heavy atom. The Bertz CT molecular complexity index is 905. The molecule has 2 heterocycles. The molecule has 0 radical (unpaired) electrons. The molecule has 4 nitrogen and oxygen atoms in total. The number of esters is 1. The van der Waals surface area contributed by atoms with Crippen LogP contribution in [0.3, 0.4) is 0 Å². The molecule has 6 heteroatoms. The van der Waals surface area contributed by atoms with Crippen molar-refractivity contribution >= 4 is 39.3 Å². The number of fused-ring (bicyclic) bond motifs is 3. The minimum atomic E-state index is -0.325. The van der Waals surface area contributed by atoms with Gasteiger partial charge in [-0.25, -0.2) is 14.8 Å². The standard InChI is InChI=1S/C17H14N2O2S2/c1-21-17(20)11-5-2-3-7-13(11)23-16-14-10-6-4-8-12(10)22-15(14)18-9-19-16/h2-3,5,7,9H,4,6,8H2,1H3. The first-order chi connectivity index (χ1) is 11.3. The van der Waals surface area contributed by atoms with Gasteiger partial charge in [0.2, 0.25) is 0 Å². The van der Waals surface area contributed by atoms with Crippen LogP contribution in [0.4, 0.5) is 0 Å². The molecule has 23 heavy (non-hydrogen) atoms. The molecule has 0 aliphatic heterocycles. The van der Waals surface area contributed by atoms with Crippen molar-refractivity contribution in [2.24, 2.45) is 0 Å². The lowest BCUT2D eigenvalue weighted by Gasteiger charge is -2.08. The highest BCUT2D eigenvalue weighted by molar-refractivity contribution is 7.99. The van der Waals surface area contributed by atoms with Crippen LogP contribution in [0.2, 0.25) is 0 Å². The zero-order valence-corrected chi connectivity index (χ0v) is 14.2. The van der Waals surface area contributed by atoms with Crippen molar-refractivity contribution in [3.05, 3.63) is 46.6 Å². The molecule has 0 spiro atoms. The summed E-state index contributed by atoms with van der Waals surface area (Å²) in [6.07, 6.45) is 5.04. The van der Waals surface area contributed by atoms with E-state index >= 15 is 0 Å². The maximum Gasteiger partial charge on any atom is 0.339 e. The molecule has 3 aromatic rings. The van der Waals surface area contributed by atoms with Gasteiger partial charge >= 0.3 is 5.97 Å². The highest BCUT2D eigenvalue weighted by Gasteiger charge is 2.22. The van der Waals surface area contributed by atoms with Crippen molar-refractivity contribution < 1.29 is 9.53 Å². The average Bonchev–Trinajstić information content (AvgIpc) is 3.15. The molecule has 116 valence electrons. The van der Waals surface area contributed by atoms with Gasteiger partial charge in [0.05, 0.1) is 12.7 Å². The third-order valence-electron chi connectivity index (χ3n) is 3.97. The van der Waals surface area contributed by atoms with Crippen LogP contribution in [0.5, 0.6) is 0 Å². The normalized spacial score (nSPS) is 13.3. The summed E-state index contributed by atoms with van der Waals surface area (Å²) in [5, 5.41) is 2.08. The van der Waals surface area contributed by atoms with Crippen molar-refractivity contribution in [2.45, 2.75) is 29.2 Å². The lowest BCUT2D eigenvalue weighted by molar-refractivity contribution is 0.0597. The summed E-state index contributed by atoms with van der Waals surface area (Å²) < 4.78 is 4.88. The van der Waals surface area contributed by atoms with Crippen molar-refractivity contribution in [1.82, 2.24) is 9.97 Å². The molecule has 0 atom stereocenters. The number of benzene rings is 1. The Hall–Kier alpha value is -1.92. The first-order valence-electron chi connectivity index (χ1n) is 7.38.